The predicted octanol–water partition coefficient (Wildman–Crippen LogP) is 3.08. The first kappa shape index (κ1) is 19.8. The van der Waals surface area contributed by atoms with Gasteiger partial charge in [0.1, 0.15) is 0 Å². The molecule has 0 aromatic heterocycles. The van der Waals surface area contributed by atoms with Gasteiger partial charge in [-0.3, -0.25) is 14.5 Å². The fraction of sp³-hybridized carbons (Fsp3) is 0.391. The minimum atomic E-state index is -0.255. The largest absolute Gasteiger partial charge is 0.349 e. The summed E-state index contributed by atoms with van der Waals surface area (Å²) in [6.07, 6.45) is 2.87. The van der Waals surface area contributed by atoms with Gasteiger partial charge in [-0.05, 0) is 31.5 Å². The molecule has 2 heterocycles. The number of para-hydroxylation sites is 1. The van der Waals surface area contributed by atoms with E-state index in [4.69, 9.17) is 9.47 Å². The van der Waals surface area contributed by atoms with Crippen LogP contribution in [0.5, 0.6) is 0 Å². The van der Waals surface area contributed by atoms with E-state index in [2.05, 4.69) is 10.2 Å². The lowest BCUT2D eigenvalue weighted by Crippen LogP contribution is -2.50. The molecule has 2 aromatic carbocycles. The van der Waals surface area contributed by atoms with Gasteiger partial charge >= 0.3 is 0 Å². The third-order valence-electron chi connectivity index (χ3n) is 5.45. The Balaban J connectivity index is 1.45. The second kappa shape index (κ2) is 9.31. The lowest BCUT2D eigenvalue weighted by atomic mass is 10.0. The van der Waals surface area contributed by atoms with Gasteiger partial charge in [-0.15, -0.1) is 0 Å². The molecule has 0 radical (unpaired) electrons. The number of likely N-dealkylation sites (tertiary alicyclic amines) is 1. The molecule has 1 amide bonds. The Hall–Kier alpha value is -2.54. The van der Waals surface area contributed by atoms with Crippen molar-refractivity contribution in [1.82, 2.24) is 4.90 Å². The average molecular weight is 394 g/mol. The molecule has 2 aliphatic heterocycles. The molecule has 0 bridgehead atoms. The molecule has 0 spiro atoms. The monoisotopic (exact) mass is 394 g/mol. The van der Waals surface area contributed by atoms with Crippen molar-refractivity contribution in [2.45, 2.75) is 31.6 Å². The third kappa shape index (κ3) is 4.72. The van der Waals surface area contributed by atoms with Crippen molar-refractivity contribution < 1.29 is 19.1 Å². The highest BCUT2D eigenvalue weighted by molar-refractivity contribution is 6.13. The first-order valence-corrected chi connectivity index (χ1v) is 10.2. The number of hydrogen-bond donors (Lipinski definition) is 1. The van der Waals surface area contributed by atoms with Gasteiger partial charge in [-0.1, -0.05) is 48.9 Å². The lowest BCUT2D eigenvalue weighted by molar-refractivity contribution is -0.127. The summed E-state index contributed by atoms with van der Waals surface area (Å²) in [4.78, 5) is 27.8. The molecule has 2 fully saturated rings. The van der Waals surface area contributed by atoms with Crippen LogP contribution in [0.25, 0.3) is 0 Å². The van der Waals surface area contributed by atoms with E-state index in [9.17, 15) is 9.59 Å². The molecule has 6 heteroatoms. The highest BCUT2D eigenvalue weighted by Crippen LogP contribution is 2.25. The Morgan fingerprint density at radius 3 is 2.48 bits per heavy atom. The van der Waals surface area contributed by atoms with Crippen molar-refractivity contribution in [2.24, 2.45) is 0 Å². The molecule has 0 aliphatic carbocycles. The molecule has 29 heavy (non-hydrogen) atoms. The number of hydrogen-bond acceptors (Lipinski definition) is 5. The molecule has 4 rings (SSSR count). The third-order valence-corrected chi connectivity index (χ3v) is 5.45. The minimum absolute atomic E-state index is 0.0956. The quantitative estimate of drug-likeness (QED) is 0.763. The summed E-state index contributed by atoms with van der Waals surface area (Å²) < 4.78 is 11.4. The SMILES string of the molecule is O=C(CN1CCCCC1C1OCCO1)Nc1ccccc1C(=O)c1ccccc1. The van der Waals surface area contributed by atoms with Gasteiger partial charge in [0.05, 0.1) is 31.5 Å². The molecule has 0 saturated carbocycles. The summed E-state index contributed by atoms with van der Waals surface area (Å²) in [5, 5.41) is 2.94. The van der Waals surface area contributed by atoms with Crippen LogP contribution in [0, 0.1) is 0 Å². The maximum Gasteiger partial charge on any atom is 0.238 e. The van der Waals surface area contributed by atoms with Crippen molar-refractivity contribution in [3.8, 4) is 0 Å². The number of anilines is 1. The number of piperidine rings is 1. The summed E-state index contributed by atoms with van der Waals surface area (Å²) in [6.45, 7) is 2.31. The van der Waals surface area contributed by atoms with Gasteiger partial charge in [0.15, 0.2) is 12.1 Å². The van der Waals surface area contributed by atoms with Crippen LogP contribution in [-0.4, -0.2) is 55.2 Å². The number of carbonyl (C=O) groups is 2. The van der Waals surface area contributed by atoms with E-state index in [0.29, 0.717) is 30.0 Å². The first-order valence-electron chi connectivity index (χ1n) is 10.2. The number of amides is 1. The fourth-order valence-electron chi connectivity index (χ4n) is 4.03. The van der Waals surface area contributed by atoms with E-state index < -0.39 is 0 Å². The molecule has 152 valence electrons. The zero-order valence-corrected chi connectivity index (χ0v) is 16.4. The number of benzene rings is 2. The van der Waals surface area contributed by atoms with E-state index in [1.807, 2.05) is 24.3 Å². The summed E-state index contributed by atoms with van der Waals surface area (Å²) in [5.41, 5.74) is 1.62. The maximum atomic E-state index is 12.9. The van der Waals surface area contributed by atoms with E-state index in [1.54, 1.807) is 30.3 Å². The number of rotatable bonds is 6. The molecule has 1 N–H and O–H groups in total. The second-order valence-electron chi connectivity index (χ2n) is 7.43. The van der Waals surface area contributed by atoms with Crippen molar-refractivity contribution >= 4 is 17.4 Å². The normalized spacial score (nSPS) is 20.5. The van der Waals surface area contributed by atoms with Crippen molar-refractivity contribution in [2.75, 3.05) is 31.6 Å². The van der Waals surface area contributed by atoms with Gasteiger partial charge in [-0.2, -0.15) is 0 Å². The fourth-order valence-corrected chi connectivity index (χ4v) is 4.03. The molecule has 1 unspecified atom stereocenters. The Kier molecular flexibility index (Phi) is 6.34. The van der Waals surface area contributed by atoms with Crippen molar-refractivity contribution in [3.63, 3.8) is 0 Å². The highest BCUT2D eigenvalue weighted by atomic mass is 16.7. The molecular formula is C23H26N2O4. The van der Waals surface area contributed by atoms with Gasteiger partial charge in [-0.25, -0.2) is 0 Å². The van der Waals surface area contributed by atoms with Gasteiger partial charge in [0.2, 0.25) is 5.91 Å². The van der Waals surface area contributed by atoms with Crippen LogP contribution in [0.1, 0.15) is 35.2 Å². The van der Waals surface area contributed by atoms with Crippen LogP contribution in [0.4, 0.5) is 5.69 Å². The van der Waals surface area contributed by atoms with E-state index in [1.165, 1.54) is 0 Å². The first-order chi connectivity index (χ1) is 14.2. The van der Waals surface area contributed by atoms with Crippen LogP contribution in [0.2, 0.25) is 0 Å². The predicted molar refractivity (Wildman–Crippen MR) is 110 cm³/mol. The summed E-state index contributed by atoms with van der Waals surface area (Å²) in [7, 11) is 0. The standard InChI is InChI=1S/C23H26N2O4/c26-21(16-25-13-7-6-12-20(25)23-28-14-15-29-23)24-19-11-5-4-10-18(19)22(27)17-8-2-1-3-9-17/h1-5,8-11,20,23H,6-7,12-16H2,(H,24,26). The van der Waals surface area contributed by atoms with Gasteiger partial charge < -0.3 is 14.8 Å². The topological polar surface area (TPSA) is 67.9 Å². The van der Waals surface area contributed by atoms with E-state index >= 15 is 0 Å². The maximum absolute atomic E-state index is 12.9. The smallest absolute Gasteiger partial charge is 0.238 e. The minimum Gasteiger partial charge on any atom is -0.349 e. The number of nitrogens with zero attached hydrogens (tertiary/aromatic N) is 1. The number of nitrogens with one attached hydrogen (secondary N) is 1. The van der Waals surface area contributed by atoms with Gasteiger partial charge in [0, 0.05) is 11.1 Å². The molecule has 6 nitrogen and oxygen atoms in total. The van der Waals surface area contributed by atoms with Crippen molar-refractivity contribution in [1.29, 1.82) is 0 Å². The highest BCUT2D eigenvalue weighted by Gasteiger charge is 2.34. The second-order valence-corrected chi connectivity index (χ2v) is 7.43. The lowest BCUT2D eigenvalue weighted by Gasteiger charge is -2.37. The van der Waals surface area contributed by atoms with E-state index in [0.717, 1.165) is 25.8 Å². The zero-order chi connectivity index (χ0) is 20.1. The number of carbonyl (C=O) groups excluding carboxylic acids is 2. The Morgan fingerprint density at radius 1 is 0.966 bits per heavy atom. The van der Waals surface area contributed by atoms with Crippen LogP contribution in [0.3, 0.4) is 0 Å². The van der Waals surface area contributed by atoms with Crippen LogP contribution >= 0.6 is 0 Å². The van der Waals surface area contributed by atoms with E-state index in [-0.39, 0.29) is 30.6 Å². The summed E-state index contributed by atoms with van der Waals surface area (Å²) >= 11 is 0. The number of ether oxygens (including phenoxy) is 2. The Bertz CT molecular complexity index is 849. The Morgan fingerprint density at radius 2 is 1.69 bits per heavy atom. The Labute approximate surface area is 170 Å². The molecular weight excluding hydrogens is 368 g/mol. The van der Waals surface area contributed by atoms with Crippen LogP contribution in [0.15, 0.2) is 54.6 Å². The van der Waals surface area contributed by atoms with Crippen LogP contribution in [-0.2, 0) is 14.3 Å². The molecule has 2 aromatic rings. The molecule has 1 atom stereocenters. The summed E-state index contributed by atoms with van der Waals surface area (Å²) in [6, 6.07) is 16.3. The van der Waals surface area contributed by atoms with Crippen LogP contribution < -0.4 is 5.32 Å². The molecule has 2 aliphatic rings. The zero-order valence-electron chi connectivity index (χ0n) is 16.4. The van der Waals surface area contributed by atoms with Gasteiger partial charge in [0.25, 0.3) is 0 Å². The number of ketones is 1. The van der Waals surface area contributed by atoms with Crippen molar-refractivity contribution in [3.05, 3.63) is 65.7 Å². The molecule has 2 saturated heterocycles. The summed E-state index contributed by atoms with van der Waals surface area (Å²) in [5.74, 6) is -0.242. The average Bonchev–Trinajstić information content (AvgIpc) is 3.29.